The molecule has 1 amide bonds. The lowest BCUT2D eigenvalue weighted by Gasteiger charge is -2.30. The first-order valence-corrected chi connectivity index (χ1v) is 13.0. The summed E-state index contributed by atoms with van der Waals surface area (Å²) in [5.74, 6) is 0.705. The summed E-state index contributed by atoms with van der Waals surface area (Å²) < 4.78 is 33.3. The number of nitrogens with zero attached hydrogens (tertiary/aromatic N) is 2. The Morgan fingerprint density at radius 3 is 2.55 bits per heavy atom. The molecule has 1 fully saturated rings. The molecule has 1 saturated heterocycles. The Labute approximate surface area is 201 Å². The van der Waals surface area contributed by atoms with Crippen LogP contribution in [-0.4, -0.2) is 59.1 Å². The van der Waals surface area contributed by atoms with Crippen molar-refractivity contribution < 1.29 is 17.9 Å². The van der Waals surface area contributed by atoms with Crippen molar-refractivity contribution in [3.05, 3.63) is 53.6 Å². The van der Waals surface area contributed by atoms with Crippen molar-refractivity contribution in [3.8, 4) is 5.75 Å². The predicted octanol–water partition coefficient (Wildman–Crippen LogP) is 3.78. The molecule has 1 heterocycles. The third-order valence-electron chi connectivity index (χ3n) is 5.88. The van der Waals surface area contributed by atoms with Crippen LogP contribution < -0.4 is 14.4 Å². The van der Waals surface area contributed by atoms with Gasteiger partial charge >= 0.3 is 0 Å². The van der Waals surface area contributed by atoms with Gasteiger partial charge in [-0.25, -0.2) is 8.42 Å². The zero-order valence-electron chi connectivity index (χ0n) is 19.2. The lowest BCUT2D eigenvalue weighted by Crippen LogP contribution is -2.42. The smallest absolute Gasteiger partial charge is 0.264 e. The Kier molecular flexibility index (Phi) is 9.00. The number of hydrogen-bond donors (Lipinski definition) is 1. The van der Waals surface area contributed by atoms with E-state index in [0.717, 1.165) is 36.3 Å². The molecule has 0 spiro atoms. The molecule has 0 atom stereocenters. The van der Waals surface area contributed by atoms with E-state index >= 15 is 0 Å². The highest BCUT2D eigenvalue weighted by molar-refractivity contribution is 7.92. The first kappa shape index (κ1) is 25.3. The highest BCUT2D eigenvalue weighted by Gasteiger charge is 2.29. The van der Waals surface area contributed by atoms with Gasteiger partial charge in [-0.15, -0.1) is 0 Å². The maximum absolute atomic E-state index is 13.5. The second-order valence-corrected chi connectivity index (χ2v) is 10.7. The number of anilines is 1. The van der Waals surface area contributed by atoms with Crippen LogP contribution in [0.5, 0.6) is 5.75 Å². The monoisotopic (exact) mass is 493 g/mol. The van der Waals surface area contributed by atoms with E-state index in [4.69, 9.17) is 16.3 Å². The van der Waals surface area contributed by atoms with E-state index < -0.39 is 10.0 Å². The maximum Gasteiger partial charge on any atom is 0.264 e. The first-order valence-electron chi connectivity index (χ1n) is 11.2. The largest absolute Gasteiger partial charge is 0.495 e. The summed E-state index contributed by atoms with van der Waals surface area (Å²) in [6.45, 7) is 5.48. The number of ether oxygens (including phenoxy) is 1. The molecule has 0 aliphatic carbocycles. The van der Waals surface area contributed by atoms with E-state index in [0.29, 0.717) is 17.3 Å². The van der Waals surface area contributed by atoms with Crippen LogP contribution in [0.25, 0.3) is 0 Å². The van der Waals surface area contributed by atoms with Gasteiger partial charge in [-0.2, -0.15) is 0 Å². The molecule has 180 valence electrons. The topological polar surface area (TPSA) is 79.0 Å². The predicted molar refractivity (Wildman–Crippen MR) is 131 cm³/mol. The molecule has 0 aromatic heterocycles. The van der Waals surface area contributed by atoms with Gasteiger partial charge in [0.15, 0.2) is 0 Å². The first-order chi connectivity index (χ1) is 15.8. The lowest BCUT2D eigenvalue weighted by atomic mass is 9.99. The fraction of sp³-hybridized carbons (Fsp3) is 0.458. The Bertz CT molecular complexity index is 1030. The van der Waals surface area contributed by atoms with Gasteiger partial charge in [0.25, 0.3) is 10.0 Å². The fourth-order valence-corrected chi connectivity index (χ4v) is 5.49. The second kappa shape index (κ2) is 11.7. The van der Waals surface area contributed by atoms with E-state index in [2.05, 4.69) is 17.1 Å². The van der Waals surface area contributed by atoms with Crippen molar-refractivity contribution in [1.82, 2.24) is 10.2 Å². The van der Waals surface area contributed by atoms with Crippen molar-refractivity contribution >= 4 is 33.2 Å². The van der Waals surface area contributed by atoms with E-state index in [1.807, 2.05) is 0 Å². The second-order valence-electron chi connectivity index (χ2n) is 8.37. The maximum atomic E-state index is 13.5. The van der Waals surface area contributed by atoms with Gasteiger partial charge in [0.05, 0.1) is 17.7 Å². The van der Waals surface area contributed by atoms with Crippen molar-refractivity contribution in [1.29, 1.82) is 0 Å². The number of piperidine rings is 1. The van der Waals surface area contributed by atoms with Crippen LogP contribution in [0.2, 0.25) is 5.02 Å². The minimum atomic E-state index is -4.03. The van der Waals surface area contributed by atoms with Crippen molar-refractivity contribution in [3.63, 3.8) is 0 Å². The Morgan fingerprint density at radius 1 is 1.18 bits per heavy atom. The number of halogens is 1. The minimum absolute atomic E-state index is 0.0826. The molecule has 1 aliphatic rings. The summed E-state index contributed by atoms with van der Waals surface area (Å²) in [6.07, 6.45) is 3.23. The van der Waals surface area contributed by atoms with Crippen molar-refractivity contribution in [2.75, 3.05) is 44.1 Å². The molecule has 0 unspecified atom stereocenters. The van der Waals surface area contributed by atoms with Crippen molar-refractivity contribution in [2.24, 2.45) is 5.92 Å². The summed E-state index contributed by atoms with van der Waals surface area (Å²) in [6, 6.07) is 12.7. The molecule has 33 heavy (non-hydrogen) atoms. The van der Waals surface area contributed by atoms with Crippen LogP contribution in [0, 0.1) is 5.92 Å². The van der Waals surface area contributed by atoms with Gasteiger partial charge in [-0.1, -0.05) is 36.7 Å². The summed E-state index contributed by atoms with van der Waals surface area (Å²) in [7, 11) is -2.58. The number of likely N-dealkylation sites (tertiary alicyclic amines) is 1. The van der Waals surface area contributed by atoms with Gasteiger partial charge in [-0.05, 0) is 75.1 Å². The highest BCUT2D eigenvalue weighted by atomic mass is 35.5. The van der Waals surface area contributed by atoms with E-state index in [1.165, 1.54) is 38.2 Å². The van der Waals surface area contributed by atoms with E-state index in [1.54, 1.807) is 30.3 Å². The number of nitrogens with one attached hydrogen (secondary N) is 1. The SMILES string of the molecule is COc1ccc(Cl)cc1N(CC(=O)NCCCN1CCC(C)CC1)S(=O)(=O)c1ccccc1. The Hall–Kier alpha value is -2.29. The molecule has 7 nitrogen and oxygen atoms in total. The molecule has 1 aliphatic heterocycles. The van der Waals surface area contributed by atoms with Gasteiger partial charge in [0, 0.05) is 11.6 Å². The summed E-state index contributed by atoms with van der Waals surface area (Å²) in [5.41, 5.74) is 0.214. The lowest BCUT2D eigenvalue weighted by molar-refractivity contribution is -0.119. The number of carbonyl (C=O) groups is 1. The number of sulfonamides is 1. The minimum Gasteiger partial charge on any atom is -0.495 e. The van der Waals surface area contributed by atoms with Gasteiger partial charge in [-0.3, -0.25) is 9.10 Å². The zero-order chi connectivity index (χ0) is 23.8. The van der Waals surface area contributed by atoms with Crippen LogP contribution in [0.15, 0.2) is 53.4 Å². The standard InChI is InChI=1S/C24H32ClN3O4S/c1-19-11-15-27(16-12-19)14-6-13-26-24(29)18-28(22-17-20(25)9-10-23(22)32-2)33(30,31)21-7-4-3-5-8-21/h3-5,7-10,17,19H,6,11-16,18H2,1-2H3,(H,26,29). The molecule has 2 aromatic rings. The van der Waals surface area contributed by atoms with Gasteiger partial charge < -0.3 is 15.0 Å². The normalized spacial score (nSPS) is 15.2. The Morgan fingerprint density at radius 2 is 1.88 bits per heavy atom. The van der Waals surface area contributed by atoms with Crippen LogP contribution in [0.4, 0.5) is 5.69 Å². The summed E-state index contributed by atoms with van der Waals surface area (Å²) in [4.78, 5) is 15.3. The third kappa shape index (κ3) is 6.85. The number of carbonyl (C=O) groups excluding carboxylic acids is 1. The summed E-state index contributed by atoms with van der Waals surface area (Å²) in [5, 5.41) is 3.20. The average Bonchev–Trinajstić information content (AvgIpc) is 2.82. The zero-order valence-corrected chi connectivity index (χ0v) is 20.7. The van der Waals surface area contributed by atoms with Crippen molar-refractivity contribution in [2.45, 2.75) is 31.1 Å². The molecule has 0 bridgehead atoms. The molecule has 2 aromatic carbocycles. The van der Waals surface area contributed by atoms with E-state index in [-0.39, 0.29) is 23.0 Å². The average molecular weight is 494 g/mol. The number of benzene rings is 2. The number of hydrogen-bond acceptors (Lipinski definition) is 5. The van der Waals surface area contributed by atoms with Gasteiger partial charge in [0.2, 0.25) is 5.91 Å². The molecule has 0 radical (unpaired) electrons. The van der Waals surface area contributed by atoms with E-state index in [9.17, 15) is 13.2 Å². The molecular formula is C24H32ClN3O4S. The number of methoxy groups -OCH3 is 1. The van der Waals surface area contributed by atoms with Crippen LogP contribution in [0.1, 0.15) is 26.2 Å². The van der Waals surface area contributed by atoms with Crippen LogP contribution >= 0.6 is 11.6 Å². The third-order valence-corrected chi connectivity index (χ3v) is 7.89. The summed E-state index contributed by atoms with van der Waals surface area (Å²) >= 11 is 6.15. The highest BCUT2D eigenvalue weighted by Crippen LogP contribution is 2.34. The number of rotatable bonds is 10. The molecule has 3 rings (SSSR count). The van der Waals surface area contributed by atoms with Crippen LogP contribution in [-0.2, 0) is 14.8 Å². The molecule has 9 heteroatoms. The molecular weight excluding hydrogens is 462 g/mol. The molecule has 0 saturated carbocycles. The van der Waals surface area contributed by atoms with Gasteiger partial charge in [0.1, 0.15) is 12.3 Å². The fourth-order valence-electron chi connectivity index (χ4n) is 3.88. The number of amides is 1. The molecule has 1 N–H and O–H groups in total. The van der Waals surface area contributed by atoms with Crippen LogP contribution in [0.3, 0.4) is 0 Å². The Balaban J connectivity index is 1.71. The quantitative estimate of drug-likeness (QED) is 0.509.